The summed E-state index contributed by atoms with van der Waals surface area (Å²) in [4.78, 5) is 34.9. The molecule has 0 unspecified atom stereocenters. The van der Waals surface area contributed by atoms with E-state index in [-0.39, 0.29) is 36.5 Å². The van der Waals surface area contributed by atoms with Crippen molar-refractivity contribution in [2.45, 2.75) is 57.3 Å². The molecule has 0 spiro atoms. The zero-order chi connectivity index (χ0) is 26.6. The van der Waals surface area contributed by atoms with Crippen LogP contribution in [0.15, 0.2) is 42.5 Å². The normalized spacial score (nSPS) is 25.2. The van der Waals surface area contributed by atoms with Crippen LogP contribution < -0.4 is 9.47 Å². The van der Waals surface area contributed by atoms with Crippen LogP contribution in [0.1, 0.15) is 56.4 Å². The molecule has 2 fully saturated rings. The molecule has 0 saturated carbocycles. The third-order valence-electron chi connectivity index (χ3n) is 8.22. The number of para-hydroxylation sites is 1. The predicted molar refractivity (Wildman–Crippen MR) is 144 cm³/mol. The van der Waals surface area contributed by atoms with Gasteiger partial charge in [0, 0.05) is 36.5 Å². The quantitative estimate of drug-likeness (QED) is 0.531. The molecular formula is C30H35N3O5. The largest absolute Gasteiger partial charge is 0.493 e. The van der Waals surface area contributed by atoms with Gasteiger partial charge in [-0.15, -0.1) is 0 Å². The number of piperazine rings is 1. The number of nitrogens with one attached hydrogen (secondary N) is 1. The molecule has 2 saturated heterocycles. The number of benzene rings is 2. The van der Waals surface area contributed by atoms with Gasteiger partial charge in [0.25, 0.3) is 5.91 Å². The third kappa shape index (κ3) is 3.85. The fourth-order valence-electron chi connectivity index (χ4n) is 6.41. The van der Waals surface area contributed by atoms with Gasteiger partial charge in [0.1, 0.15) is 0 Å². The number of carbonyl (C=O) groups is 2. The number of carbonyl (C=O) groups excluding carboxylic acids is 2. The molecule has 0 aliphatic carbocycles. The molecule has 38 heavy (non-hydrogen) atoms. The Morgan fingerprint density at radius 1 is 1.16 bits per heavy atom. The van der Waals surface area contributed by atoms with Crippen molar-refractivity contribution in [3.05, 3.63) is 59.3 Å². The Labute approximate surface area is 222 Å². The number of methoxy groups -OCH3 is 1. The maximum Gasteiger partial charge on any atom is 0.255 e. The summed E-state index contributed by atoms with van der Waals surface area (Å²) in [6.07, 6.45) is 1.90. The monoisotopic (exact) mass is 517 g/mol. The first-order valence-electron chi connectivity index (χ1n) is 13.5. The summed E-state index contributed by atoms with van der Waals surface area (Å²) in [7, 11) is 1.64. The van der Waals surface area contributed by atoms with Gasteiger partial charge in [0.05, 0.1) is 31.6 Å². The van der Waals surface area contributed by atoms with Gasteiger partial charge in [0.2, 0.25) is 5.91 Å². The van der Waals surface area contributed by atoms with Crippen LogP contribution in [0.3, 0.4) is 0 Å². The van der Waals surface area contributed by atoms with Gasteiger partial charge < -0.3 is 29.0 Å². The maximum atomic E-state index is 14.2. The molecule has 8 nitrogen and oxygen atoms in total. The predicted octanol–water partition coefficient (Wildman–Crippen LogP) is 4.17. The lowest BCUT2D eigenvalue weighted by Gasteiger charge is -2.51. The van der Waals surface area contributed by atoms with E-state index in [2.05, 4.69) is 11.1 Å². The summed E-state index contributed by atoms with van der Waals surface area (Å²) in [5.41, 5.74) is 2.68. The Bertz CT molecular complexity index is 1390. The summed E-state index contributed by atoms with van der Waals surface area (Å²) in [6, 6.07) is 14.1. The van der Waals surface area contributed by atoms with Crippen molar-refractivity contribution in [1.82, 2.24) is 14.8 Å². The zero-order valence-corrected chi connectivity index (χ0v) is 22.5. The highest BCUT2D eigenvalue weighted by molar-refractivity contribution is 6.01. The molecule has 0 bridgehead atoms. The van der Waals surface area contributed by atoms with Crippen molar-refractivity contribution < 1.29 is 23.8 Å². The minimum absolute atomic E-state index is 0.0138. The molecule has 1 N–H and O–H groups in total. The lowest BCUT2D eigenvalue weighted by molar-refractivity contribution is -0.167. The first-order chi connectivity index (χ1) is 18.3. The van der Waals surface area contributed by atoms with Crippen LogP contribution in [-0.4, -0.2) is 72.2 Å². The number of H-pyrrole nitrogens is 1. The Balaban J connectivity index is 1.47. The highest BCUT2D eigenvalue weighted by Crippen LogP contribution is 2.49. The van der Waals surface area contributed by atoms with E-state index in [0.29, 0.717) is 31.2 Å². The molecule has 0 radical (unpaired) electrons. The summed E-state index contributed by atoms with van der Waals surface area (Å²) in [5.74, 6) is 1.08. The molecule has 1 aromatic heterocycles. The van der Waals surface area contributed by atoms with Crippen molar-refractivity contribution in [1.29, 1.82) is 0 Å². The second kappa shape index (κ2) is 9.34. The van der Waals surface area contributed by atoms with Gasteiger partial charge in [-0.1, -0.05) is 24.3 Å². The van der Waals surface area contributed by atoms with Crippen LogP contribution in [0.4, 0.5) is 0 Å². The van der Waals surface area contributed by atoms with Gasteiger partial charge in [-0.05, 0) is 62.9 Å². The number of hydrogen-bond donors (Lipinski definition) is 1. The number of fused-ring (bicyclic) bond motifs is 5. The fraction of sp³-hybridized carbons (Fsp3) is 0.467. The SMILES string of the molecule is COc1cc([C@H]2CN3C(=O)CN(C[C@@H]4CCCO4)C(=O)[C@]3(C)c3[nH]c4ccccc4c32)ccc1OC(C)C. The summed E-state index contributed by atoms with van der Waals surface area (Å²) >= 11 is 0. The Morgan fingerprint density at radius 2 is 1.97 bits per heavy atom. The van der Waals surface area contributed by atoms with Crippen molar-refractivity contribution in [3.8, 4) is 11.5 Å². The van der Waals surface area contributed by atoms with Crippen molar-refractivity contribution in [2.75, 3.05) is 33.4 Å². The molecule has 2 amide bonds. The van der Waals surface area contributed by atoms with E-state index in [1.807, 2.05) is 57.2 Å². The first-order valence-corrected chi connectivity index (χ1v) is 13.5. The van der Waals surface area contributed by atoms with Gasteiger partial charge >= 0.3 is 0 Å². The van der Waals surface area contributed by atoms with Crippen molar-refractivity contribution >= 4 is 22.7 Å². The van der Waals surface area contributed by atoms with Gasteiger partial charge in [0.15, 0.2) is 17.0 Å². The molecule has 2 aromatic carbocycles. The highest BCUT2D eigenvalue weighted by Gasteiger charge is 2.56. The second-order valence-electron chi connectivity index (χ2n) is 11.0. The molecule has 200 valence electrons. The van der Waals surface area contributed by atoms with E-state index in [4.69, 9.17) is 14.2 Å². The molecule has 3 aliphatic heterocycles. The zero-order valence-electron chi connectivity index (χ0n) is 22.5. The number of hydrogen-bond acceptors (Lipinski definition) is 5. The van der Waals surface area contributed by atoms with Crippen molar-refractivity contribution in [3.63, 3.8) is 0 Å². The molecule has 3 aromatic rings. The first kappa shape index (κ1) is 24.8. The van der Waals surface area contributed by atoms with E-state index in [1.54, 1.807) is 16.9 Å². The molecule has 8 heteroatoms. The smallest absolute Gasteiger partial charge is 0.255 e. The topological polar surface area (TPSA) is 84.1 Å². The molecule has 4 heterocycles. The Morgan fingerprint density at radius 3 is 2.71 bits per heavy atom. The molecule has 3 aliphatic rings. The van der Waals surface area contributed by atoms with E-state index in [0.717, 1.165) is 40.6 Å². The summed E-state index contributed by atoms with van der Waals surface area (Å²) in [6.45, 7) is 7.48. The lowest BCUT2D eigenvalue weighted by Crippen LogP contribution is -2.68. The minimum atomic E-state index is -1.12. The van der Waals surface area contributed by atoms with Gasteiger partial charge in [-0.3, -0.25) is 9.59 Å². The van der Waals surface area contributed by atoms with E-state index in [9.17, 15) is 9.59 Å². The standard InChI is InChI=1S/C30H35N3O5/c1-18(2)38-24-12-11-19(14-25(24)36-4)22-16-33-26(34)17-32(15-20-8-7-13-37-20)29(35)30(33,3)28-27(22)21-9-5-6-10-23(21)31-28/h5-6,9-12,14,18,20,22,31H,7-8,13,15-17H2,1-4H3/t20-,22+,30-/m0/s1. The number of ether oxygens (including phenoxy) is 3. The number of rotatable bonds is 6. The van der Waals surface area contributed by atoms with E-state index in [1.165, 1.54) is 0 Å². The van der Waals surface area contributed by atoms with Gasteiger partial charge in [-0.25, -0.2) is 0 Å². The lowest BCUT2D eigenvalue weighted by atomic mass is 9.76. The van der Waals surface area contributed by atoms with E-state index < -0.39 is 5.54 Å². The molecule has 3 atom stereocenters. The number of nitrogens with zero attached hydrogens (tertiary/aromatic N) is 2. The van der Waals surface area contributed by atoms with Crippen LogP contribution in [-0.2, 0) is 19.9 Å². The van der Waals surface area contributed by atoms with Crippen LogP contribution in [0.5, 0.6) is 11.5 Å². The van der Waals surface area contributed by atoms with Crippen LogP contribution >= 0.6 is 0 Å². The highest BCUT2D eigenvalue weighted by atomic mass is 16.5. The number of aromatic amines is 1. The van der Waals surface area contributed by atoms with Crippen LogP contribution in [0, 0.1) is 0 Å². The second-order valence-corrected chi connectivity index (χ2v) is 11.0. The van der Waals surface area contributed by atoms with Crippen LogP contribution in [0.25, 0.3) is 10.9 Å². The summed E-state index contributed by atoms with van der Waals surface area (Å²) < 4.78 is 17.4. The van der Waals surface area contributed by atoms with E-state index >= 15 is 0 Å². The fourth-order valence-corrected chi connectivity index (χ4v) is 6.41. The van der Waals surface area contributed by atoms with Crippen molar-refractivity contribution in [2.24, 2.45) is 0 Å². The van der Waals surface area contributed by atoms with Gasteiger partial charge in [-0.2, -0.15) is 0 Å². The molecular weight excluding hydrogens is 482 g/mol. The number of aromatic nitrogens is 1. The average Bonchev–Trinajstić information content (AvgIpc) is 3.56. The maximum absolute atomic E-state index is 14.2. The Kier molecular flexibility index (Phi) is 6.10. The minimum Gasteiger partial charge on any atom is -0.493 e. The molecule has 6 rings (SSSR count). The average molecular weight is 518 g/mol. The summed E-state index contributed by atoms with van der Waals surface area (Å²) in [5, 5.41) is 1.06. The third-order valence-corrected chi connectivity index (χ3v) is 8.22. The Hall–Kier alpha value is -3.52. The van der Waals surface area contributed by atoms with Crippen LogP contribution in [0.2, 0.25) is 0 Å². The number of amides is 2.